The molecule has 1 atom stereocenters. The lowest BCUT2D eigenvalue weighted by Gasteiger charge is -2.31. The Morgan fingerprint density at radius 2 is 1.47 bits per heavy atom. The highest BCUT2D eigenvalue weighted by Gasteiger charge is 2.34. The molecule has 5 rings (SSSR count). The predicted molar refractivity (Wildman–Crippen MR) is 145 cm³/mol. The van der Waals surface area contributed by atoms with E-state index in [-0.39, 0.29) is 6.61 Å². The van der Waals surface area contributed by atoms with Gasteiger partial charge in [0, 0.05) is 11.3 Å². The summed E-state index contributed by atoms with van der Waals surface area (Å²) < 4.78 is 12.1. The number of allylic oxidation sites excluding steroid dienone is 1. The molecule has 4 aromatic rings. The number of esters is 1. The molecule has 0 radical (unpaired) electrons. The number of ether oxygens (including phenoxy) is 2. The zero-order valence-corrected chi connectivity index (χ0v) is 20.7. The molecule has 180 valence electrons. The maximum Gasteiger partial charge on any atom is 0.338 e. The summed E-state index contributed by atoms with van der Waals surface area (Å²) in [6.45, 7) is 2.42. The van der Waals surface area contributed by atoms with E-state index in [9.17, 15) is 4.79 Å². The Morgan fingerprint density at radius 3 is 2.19 bits per heavy atom. The molecular weight excluding hydrogens is 468 g/mol. The first-order valence-corrected chi connectivity index (χ1v) is 12.2. The molecule has 0 spiro atoms. The van der Waals surface area contributed by atoms with E-state index in [1.165, 1.54) is 0 Å². The van der Waals surface area contributed by atoms with Gasteiger partial charge in [-0.05, 0) is 47.1 Å². The number of rotatable bonds is 7. The van der Waals surface area contributed by atoms with Crippen LogP contribution >= 0.6 is 12.2 Å². The average Bonchev–Trinajstić information content (AvgIpc) is 2.91. The second-order valence-corrected chi connectivity index (χ2v) is 9.01. The number of fused-ring (bicyclic) bond motifs is 1. The van der Waals surface area contributed by atoms with E-state index < -0.39 is 12.0 Å². The highest BCUT2D eigenvalue weighted by Crippen LogP contribution is 2.39. The van der Waals surface area contributed by atoms with Crippen molar-refractivity contribution in [2.75, 3.05) is 0 Å². The van der Waals surface area contributed by atoms with Crippen molar-refractivity contribution in [3.8, 4) is 5.75 Å². The fraction of sp³-hybridized carbons (Fsp3) is 0.133. The van der Waals surface area contributed by atoms with Gasteiger partial charge in [0.1, 0.15) is 19.0 Å². The van der Waals surface area contributed by atoms with Gasteiger partial charge in [-0.3, -0.25) is 0 Å². The van der Waals surface area contributed by atoms with Gasteiger partial charge < -0.3 is 20.1 Å². The monoisotopic (exact) mass is 494 g/mol. The van der Waals surface area contributed by atoms with E-state index in [1.54, 1.807) is 0 Å². The number of hydrogen-bond donors (Lipinski definition) is 2. The Labute approximate surface area is 215 Å². The SMILES string of the molecule is CC1=C(C(=O)OCc2ccccc2)C(c2c(OCc3ccccc3)ccc3ccccc23)NC(=S)N1. The van der Waals surface area contributed by atoms with Crippen molar-refractivity contribution in [1.82, 2.24) is 10.6 Å². The minimum atomic E-state index is -0.543. The van der Waals surface area contributed by atoms with Gasteiger partial charge in [0.2, 0.25) is 0 Å². The van der Waals surface area contributed by atoms with Crippen molar-refractivity contribution in [1.29, 1.82) is 0 Å². The van der Waals surface area contributed by atoms with Crippen LogP contribution in [0.4, 0.5) is 0 Å². The predicted octanol–water partition coefficient (Wildman–Crippen LogP) is 5.96. The minimum Gasteiger partial charge on any atom is -0.489 e. The quantitative estimate of drug-likeness (QED) is 0.244. The average molecular weight is 495 g/mol. The van der Waals surface area contributed by atoms with Gasteiger partial charge in [-0.2, -0.15) is 0 Å². The van der Waals surface area contributed by atoms with Crippen LogP contribution in [0.1, 0.15) is 29.7 Å². The smallest absolute Gasteiger partial charge is 0.338 e. The molecule has 4 aromatic carbocycles. The Morgan fingerprint density at radius 1 is 0.833 bits per heavy atom. The molecule has 0 aliphatic carbocycles. The van der Waals surface area contributed by atoms with Crippen molar-refractivity contribution in [2.24, 2.45) is 0 Å². The Kier molecular flexibility index (Phi) is 6.96. The number of nitrogens with one attached hydrogen (secondary N) is 2. The van der Waals surface area contributed by atoms with Crippen LogP contribution < -0.4 is 15.4 Å². The van der Waals surface area contributed by atoms with Crippen LogP contribution in [-0.2, 0) is 22.7 Å². The first-order chi connectivity index (χ1) is 17.6. The summed E-state index contributed by atoms with van der Waals surface area (Å²) in [6, 6.07) is 31.1. The topological polar surface area (TPSA) is 59.6 Å². The Balaban J connectivity index is 1.54. The zero-order chi connectivity index (χ0) is 24.9. The number of hydrogen-bond acceptors (Lipinski definition) is 4. The normalized spacial score (nSPS) is 15.2. The molecule has 6 heteroatoms. The minimum absolute atomic E-state index is 0.181. The fourth-order valence-corrected chi connectivity index (χ4v) is 4.69. The lowest BCUT2D eigenvalue weighted by Crippen LogP contribution is -2.45. The van der Waals surface area contributed by atoms with E-state index in [0.29, 0.717) is 28.7 Å². The summed E-state index contributed by atoms with van der Waals surface area (Å²) in [5, 5.41) is 8.86. The van der Waals surface area contributed by atoms with E-state index in [4.69, 9.17) is 21.7 Å². The van der Waals surface area contributed by atoms with Gasteiger partial charge in [0.05, 0.1) is 11.6 Å². The largest absolute Gasteiger partial charge is 0.489 e. The standard InChI is InChI=1S/C30H26N2O3S/c1-20-26(29(33)35-19-22-12-6-3-7-13-22)28(32-30(36)31-20)27-24-15-9-8-14-23(24)16-17-25(27)34-18-21-10-4-2-5-11-21/h2-17,28H,18-19H2,1H3,(H2,31,32,36). The van der Waals surface area contributed by atoms with Gasteiger partial charge >= 0.3 is 5.97 Å². The molecule has 0 saturated carbocycles. The van der Waals surface area contributed by atoms with Crippen LogP contribution in [0.3, 0.4) is 0 Å². The summed E-state index contributed by atoms with van der Waals surface area (Å²) in [7, 11) is 0. The van der Waals surface area contributed by atoms with Crippen LogP contribution in [0.5, 0.6) is 5.75 Å². The lowest BCUT2D eigenvalue weighted by atomic mass is 9.90. The second kappa shape index (κ2) is 10.6. The molecule has 1 aliphatic heterocycles. The van der Waals surface area contributed by atoms with E-state index in [1.807, 2.05) is 104 Å². The molecule has 0 bridgehead atoms. The lowest BCUT2D eigenvalue weighted by molar-refractivity contribution is -0.140. The number of thiocarbonyl (C=S) groups is 1. The van der Waals surface area contributed by atoms with Crippen LogP contribution in [0.2, 0.25) is 0 Å². The van der Waals surface area contributed by atoms with Crippen molar-refractivity contribution in [3.63, 3.8) is 0 Å². The van der Waals surface area contributed by atoms with Gasteiger partial charge in [0.25, 0.3) is 0 Å². The third-order valence-corrected chi connectivity index (χ3v) is 6.38. The summed E-state index contributed by atoms with van der Waals surface area (Å²) in [5.41, 5.74) is 3.95. The highest BCUT2D eigenvalue weighted by atomic mass is 32.1. The number of carbonyl (C=O) groups excluding carboxylic acids is 1. The summed E-state index contributed by atoms with van der Waals surface area (Å²) in [5.74, 6) is 0.270. The van der Waals surface area contributed by atoms with Crippen LogP contribution in [0.25, 0.3) is 10.8 Å². The van der Waals surface area contributed by atoms with E-state index >= 15 is 0 Å². The van der Waals surface area contributed by atoms with Crippen molar-refractivity contribution >= 4 is 34.1 Å². The Hall–Kier alpha value is -4.16. The summed E-state index contributed by atoms with van der Waals surface area (Å²) in [6.07, 6.45) is 0. The van der Waals surface area contributed by atoms with Gasteiger partial charge in [-0.25, -0.2) is 4.79 Å². The third kappa shape index (κ3) is 5.09. The molecule has 1 unspecified atom stereocenters. The molecule has 0 saturated heterocycles. The number of carbonyl (C=O) groups is 1. The first-order valence-electron chi connectivity index (χ1n) is 11.8. The fourth-order valence-electron chi connectivity index (χ4n) is 4.42. The van der Waals surface area contributed by atoms with Gasteiger partial charge in [0.15, 0.2) is 5.11 Å². The molecular formula is C30H26N2O3S. The molecule has 1 heterocycles. The van der Waals surface area contributed by atoms with E-state index in [2.05, 4.69) is 10.6 Å². The molecule has 36 heavy (non-hydrogen) atoms. The second-order valence-electron chi connectivity index (χ2n) is 8.60. The Bertz CT molecular complexity index is 1430. The molecule has 0 amide bonds. The first kappa shape index (κ1) is 23.6. The van der Waals surface area contributed by atoms with Crippen LogP contribution in [-0.4, -0.2) is 11.1 Å². The molecule has 0 fully saturated rings. The van der Waals surface area contributed by atoms with Gasteiger partial charge in [-0.15, -0.1) is 0 Å². The molecule has 2 N–H and O–H groups in total. The molecule has 1 aliphatic rings. The third-order valence-electron chi connectivity index (χ3n) is 6.16. The van der Waals surface area contributed by atoms with Crippen molar-refractivity contribution in [2.45, 2.75) is 26.2 Å². The molecule has 5 nitrogen and oxygen atoms in total. The van der Waals surface area contributed by atoms with E-state index in [0.717, 1.165) is 27.5 Å². The van der Waals surface area contributed by atoms with Gasteiger partial charge in [-0.1, -0.05) is 91.0 Å². The zero-order valence-electron chi connectivity index (χ0n) is 19.9. The summed E-state index contributed by atoms with van der Waals surface area (Å²) in [4.78, 5) is 13.5. The maximum atomic E-state index is 13.5. The summed E-state index contributed by atoms with van der Waals surface area (Å²) >= 11 is 5.50. The highest BCUT2D eigenvalue weighted by molar-refractivity contribution is 7.80. The van der Waals surface area contributed by atoms with Crippen LogP contribution in [0.15, 0.2) is 108 Å². The maximum absolute atomic E-state index is 13.5. The van der Waals surface area contributed by atoms with Crippen molar-refractivity contribution in [3.05, 3.63) is 125 Å². The van der Waals surface area contributed by atoms with Crippen LogP contribution in [0, 0.1) is 0 Å². The number of benzene rings is 4. The van der Waals surface area contributed by atoms with Crippen molar-refractivity contribution < 1.29 is 14.3 Å². The molecule has 0 aromatic heterocycles.